The lowest BCUT2D eigenvalue weighted by molar-refractivity contribution is -0.147. The summed E-state index contributed by atoms with van der Waals surface area (Å²) in [4.78, 5) is 12.2. The van der Waals surface area contributed by atoms with Crippen LogP contribution in [0.25, 0.3) is 0 Å². The van der Waals surface area contributed by atoms with Crippen LogP contribution >= 0.6 is 15.9 Å². The van der Waals surface area contributed by atoms with Crippen LogP contribution in [0.3, 0.4) is 0 Å². The van der Waals surface area contributed by atoms with E-state index >= 15 is 0 Å². The Kier molecular flexibility index (Phi) is 4.36. The van der Waals surface area contributed by atoms with E-state index in [0.29, 0.717) is 19.6 Å². The molecule has 0 saturated heterocycles. The third-order valence-corrected chi connectivity index (χ3v) is 4.13. The summed E-state index contributed by atoms with van der Waals surface area (Å²) in [6.45, 7) is 1.02. The molecule has 0 bridgehead atoms. The molecule has 0 spiro atoms. The number of carbonyl (C=O) groups excluding carboxylic acids is 1. The molecule has 1 N–H and O–H groups in total. The van der Waals surface area contributed by atoms with Crippen molar-refractivity contribution in [2.45, 2.75) is 25.6 Å². The Bertz CT molecular complexity index is 657. The number of rotatable bonds is 3. The van der Waals surface area contributed by atoms with Gasteiger partial charge in [-0.3, -0.25) is 4.79 Å². The third-order valence-electron chi connectivity index (χ3n) is 3.64. The smallest absolute Gasteiger partial charge is 0.323 e. The van der Waals surface area contributed by atoms with Crippen molar-refractivity contribution in [2.75, 3.05) is 0 Å². The lowest BCUT2D eigenvalue weighted by Crippen LogP contribution is -2.42. The molecule has 3 nitrogen and oxygen atoms in total. The average Bonchev–Trinajstić information content (AvgIpc) is 2.52. The number of nitrogens with one attached hydrogen (secondary N) is 1. The van der Waals surface area contributed by atoms with Crippen molar-refractivity contribution in [1.29, 1.82) is 0 Å². The van der Waals surface area contributed by atoms with Gasteiger partial charge in [0.05, 0.1) is 0 Å². The number of ether oxygens (including phenoxy) is 1. The summed E-state index contributed by atoms with van der Waals surface area (Å²) in [5, 5.41) is 3.24. The highest BCUT2D eigenvalue weighted by atomic mass is 79.9. The minimum atomic E-state index is -0.257. The van der Waals surface area contributed by atoms with Crippen molar-refractivity contribution in [3.05, 3.63) is 69.7 Å². The Hall–Kier alpha value is -1.65. The molecular formula is C17H16BrNO2. The second-order valence-corrected chi connectivity index (χ2v) is 6.06. The molecule has 2 aromatic rings. The molecule has 0 unspecified atom stereocenters. The average molecular weight is 346 g/mol. The molecule has 0 aromatic heterocycles. The molecule has 0 amide bonds. The lowest BCUT2D eigenvalue weighted by Gasteiger charge is -2.24. The topological polar surface area (TPSA) is 38.3 Å². The van der Waals surface area contributed by atoms with E-state index in [2.05, 4.69) is 33.4 Å². The summed E-state index contributed by atoms with van der Waals surface area (Å²) >= 11 is 3.41. The Labute approximate surface area is 132 Å². The van der Waals surface area contributed by atoms with Gasteiger partial charge in [0.1, 0.15) is 12.6 Å². The van der Waals surface area contributed by atoms with E-state index in [-0.39, 0.29) is 12.0 Å². The minimum absolute atomic E-state index is 0.190. The van der Waals surface area contributed by atoms with Gasteiger partial charge in [-0.1, -0.05) is 52.3 Å². The molecule has 1 aliphatic heterocycles. The zero-order chi connectivity index (χ0) is 14.7. The van der Waals surface area contributed by atoms with E-state index in [0.717, 1.165) is 10.0 Å². The summed E-state index contributed by atoms with van der Waals surface area (Å²) in [6, 6.07) is 15.7. The molecule has 21 heavy (non-hydrogen) atoms. The molecular weight excluding hydrogens is 330 g/mol. The van der Waals surface area contributed by atoms with Crippen LogP contribution in [0.15, 0.2) is 53.0 Å². The largest absolute Gasteiger partial charge is 0.460 e. The monoisotopic (exact) mass is 345 g/mol. The number of halogens is 1. The van der Waals surface area contributed by atoms with Gasteiger partial charge < -0.3 is 10.1 Å². The maximum atomic E-state index is 12.2. The first-order valence-corrected chi connectivity index (χ1v) is 7.73. The minimum Gasteiger partial charge on any atom is -0.460 e. The summed E-state index contributed by atoms with van der Waals surface area (Å²) in [5.74, 6) is -0.190. The van der Waals surface area contributed by atoms with Gasteiger partial charge in [-0.15, -0.1) is 0 Å². The molecule has 0 aliphatic carbocycles. The highest BCUT2D eigenvalue weighted by Crippen LogP contribution is 2.18. The summed E-state index contributed by atoms with van der Waals surface area (Å²) in [6.07, 6.45) is 0.688. The molecule has 0 fully saturated rings. The zero-order valence-corrected chi connectivity index (χ0v) is 13.1. The van der Waals surface area contributed by atoms with Crippen LogP contribution in [0, 0.1) is 0 Å². The maximum Gasteiger partial charge on any atom is 0.323 e. The van der Waals surface area contributed by atoms with Gasteiger partial charge in [-0.05, 0) is 35.2 Å². The lowest BCUT2D eigenvalue weighted by atomic mass is 9.96. The Morgan fingerprint density at radius 3 is 2.81 bits per heavy atom. The quantitative estimate of drug-likeness (QED) is 0.868. The number of esters is 1. The highest BCUT2D eigenvalue weighted by molar-refractivity contribution is 9.10. The molecule has 1 aliphatic rings. The van der Waals surface area contributed by atoms with Gasteiger partial charge in [-0.25, -0.2) is 0 Å². The van der Waals surface area contributed by atoms with Crippen LogP contribution < -0.4 is 5.32 Å². The first-order chi connectivity index (χ1) is 10.2. The number of hydrogen-bond donors (Lipinski definition) is 1. The molecule has 0 saturated carbocycles. The first-order valence-electron chi connectivity index (χ1n) is 6.93. The molecule has 2 aromatic carbocycles. The van der Waals surface area contributed by atoms with Gasteiger partial charge >= 0.3 is 5.97 Å². The van der Waals surface area contributed by atoms with Crippen molar-refractivity contribution >= 4 is 21.9 Å². The van der Waals surface area contributed by atoms with Crippen molar-refractivity contribution in [2.24, 2.45) is 0 Å². The Morgan fingerprint density at radius 1 is 1.19 bits per heavy atom. The predicted octanol–water partition coefficient (Wildman–Crippen LogP) is 3.21. The maximum absolute atomic E-state index is 12.2. The van der Waals surface area contributed by atoms with Crippen molar-refractivity contribution < 1.29 is 9.53 Å². The van der Waals surface area contributed by atoms with Crippen LogP contribution in [0.4, 0.5) is 0 Å². The Balaban J connectivity index is 1.59. The number of hydrogen-bond acceptors (Lipinski definition) is 3. The van der Waals surface area contributed by atoms with Crippen molar-refractivity contribution in [1.82, 2.24) is 5.32 Å². The molecule has 3 rings (SSSR count). The van der Waals surface area contributed by atoms with E-state index in [1.165, 1.54) is 11.1 Å². The van der Waals surface area contributed by atoms with E-state index < -0.39 is 0 Å². The summed E-state index contributed by atoms with van der Waals surface area (Å²) in [5.41, 5.74) is 3.46. The molecule has 1 heterocycles. The Morgan fingerprint density at radius 2 is 2.00 bits per heavy atom. The van der Waals surface area contributed by atoms with E-state index in [1.54, 1.807) is 0 Å². The van der Waals surface area contributed by atoms with Crippen LogP contribution in [-0.2, 0) is 29.1 Å². The second-order valence-electron chi connectivity index (χ2n) is 5.14. The SMILES string of the molecule is O=C(OCc1cccc(Br)c1)[C@H]1Cc2ccccc2CN1. The number of benzene rings is 2. The first kappa shape index (κ1) is 14.3. The van der Waals surface area contributed by atoms with Crippen molar-refractivity contribution in [3.63, 3.8) is 0 Å². The van der Waals surface area contributed by atoms with Gasteiger partial charge in [0.15, 0.2) is 0 Å². The third kappa shape index (κ3) is 3.52. The van der Waals surface area contributed by atoms with Crippen LogP contribution in [0.2, 0.25) is 0 Å². The molecule has 0 radical (unpaired) electrons. The van der Waals surface area contributed by atoms with Gasteiger partial charge in [0.25, 0.3) is 0 Å². The normalized spacial score (nSPS) is 17.1. The van der Waals surface area contributed by atoms with Crippen molar-refractivity contribution in [3.8, 4) is 0 Å². The van der Waals surface area contributed by atoms with Gasteiger partial charge in [0, 0.05) is 11.0 Å². The fourth-order valence-electron chi connectivity index (χ4n) is 2.50. The fourth-order valence-corrected chi connectivity index (χ4v) is 2.95. The molecule has 1 atom stereocenters. The van der Waals surface area contributed by atoms with E-state index in [9.17, 15) is 4.79 Å². The van der Waals surface area contributed by atoms with Crippen LogP contribution in [-0.4, -0.2) is 12.0 Å². The van der Waals surface area contributed by atoms with Gasteiger partial charge in [0.2, 0.25) is 0 Å². The highest BCUT2D eigenvalue weighted by Gasteiger charge is 2.25. The van der Waals surface area contributed by atoms with Gasteiger partial charge in [-0.2, -0.15) is 0 Å². The standard InChI is InChI=1S/C17H16BrNO2/c18-15-7-3-4-12(8-15)11-21-17(20)16-9-13-5-1-2-6-14(13)10-19-16/h1-8,16,19H,9-11H2/t16-/m1/s1. The fraction of sp³-hybridized carbons (Fsp3) is 0.235. The zero-order valence-electron chi connectivity index (χ0n) is 11.5. The summed E-state index contributed by atoms with van der Waals surface area (Å²) < 4.78 is 6.40. The molecule has 4 heteroatoms. The van der Waals surface area contributed by atoms with E-state index in [1.807, 2.05) is 36.4 Å². The summed E-state index contributed by atoms with van der Waals surface area (Å²) in [7, 11) is 0. The van der Waals surface area contributed by atoms with E-state index in [4.69, 9.17) is 4.74 Å². The van der Waals surface area contributed by atoms with Crippen LogP contribution in [0.1, 0.15) is 16.7 Å². The molecule has 108 valence electrons. The number of fused-ring (bicyclic) bond motifs is 1. The predicted molar refractivity (Wildman–Crippen MR) is 84.7 cm³/mol. The van der Waals surface area contributed by atoms with Crippen LogP contribution in [0.5, 0.6) is 0 Å². The number of carbonyl (C=O) groups is 1. The second kappa shape index (κ2) is 6.41.